The lowest BCUT2D eigenvalue weighted by molar-refractivity contribution is -0.133. The molecule has 2 saturated heterocycles. The molecule has 1 aromatic carbocycles. The van der Waals surface area contributed by atoms with Crippen LogP contribution in [-0.2, 0) is 43.2 Å². The number of hydrogen-bond donors (Lipinski definition) is 3. The van der Waals surface area contributed by atoms with Gasteiger partial charge in [0.1, 0.15) is 17.7 Å². The van der Waals surface area contributed by atoms with Crippen LogP contribution < -0.4 is 16.0 Å². The van der Waals surface area contributed by atoms with Crippen LogP contribution in [0.15, 0.2) is 51.8 Å². The molecule has 3 N–H and O–H groups in total. The summed E-state index contributed by atoms with van der Waals surface area (Å²) in [5.74, 6) is -1.23. The number of Topliss-reactive ketones (excluding diaryl/α,β-unsaturated/α-hetero) is 1. The maximum absolute atomic E-state index is 13.9. The summed E-state index contributed by atoms with van der Waals surface area (Å²) in [5, 5.41) is 14.2. The van der Waals surface area contributed by atoms with E-state index in [2.05, 4.69) is 31.0 Å². The van der Waals surface area contributed by atoms with Crippen LogP contribution in [0.2, 0.25) is 0 Å². The fourth-order valence-electron chi connectivity index (χ4n) is 5.39. The molecule has 14 heteroatoms. The summed E-state index contributed by atoms with van der Waals surface area (Å²) in [6.07, 6.45) is 0.674. The van der Waals surface area contributed by atoms with E-state index in [9.17, 15) is 19.2 Å². The number of ether oxygens (including phenoxy) is 2. The molecule has 0 spiro atoms. The largest absolute Gasteiger partial charge is 0.379 e. The van der Waals surface area contributed by atoms with E-state index >= 15 is 0 Å². The predicted molar refractivity (Wildman–Crippen MR) is 172 cm³/mol. The van der Waals surface area contributed by atoms with Crippen molar-refractivity contribution < 1.29 is 33.2 Å². The number of hydrogen-bond acceptors (Lipinski definition) is 11. The Morgan fingerprint density at radius 2 is 1.66 bits per heavy atom. The Bertz CT molecular complexity index is 1500. The molecule has 0 radical (unpaired) electrons. The number of carbonyl (C=O) groups excluding carboxylic acids is 4. The molecule has 13 nitrogen and oxygen atoms in total. The molecule has 2 unspecified atom stereocenters. The summed E-state index contributed by atoms with van der Waals surface area (Å²) < 4.78 is 16.2. The van der Waals surface area contributed by atoms with Gasteiger partial charge >= 0.3 is 0 Å². The number of aromatic nitrogens is 2. The van der Waals surface area contributed by atoms with Gasteiger partial charge in [-0.1, -0.05) is 49.3 Å². The molecule has 5 rings (SSSR count). The molecule has 4 heterocycles. The second-order valence-electron chi connectivity index (χ2n) is 12.6. The number of carbonyl (C=O) groups is 4. The monoisotopic (exact) mass is 666 g/mol. The molecular formula is C33H42N6O7S. The molecule has 3 amide bonds. The molecule has 2 aliphatic heterocycles. The highest BCUT2D eigenvalue weighted by Crippen LogP contribution is 2.29. The van der Waals surface area contributed by atoms with Gasteiger partial charge in [0.2, 0.25) is 11.8 Å². The van der Waals surface area contributed by atoms with Crippen molar-refractivity contribution in [1.82, 2.24) is 31.0 Å². The molecule has 0 saturated carbocycles. The molecule has 0 bridgehead atoms. The van der Waals surface area contributed by atoms with Crippen molar-refractivity contribution in [2.45, 2.75) is 70.3 Å². The van der Waals surface area contributed by atoms with Crippen molar-refractivity contribution in [3.05, 3.63) is 70.0 Å². The van der Waals surface area contributed by atoms with Crippen LogP contribution in [0.4, 0.5) is 0 Å². The lowest BCUT2D eigenvalue weighted by Crippen LogP contribution is -2.57. The van der Waals surface area contributed by atoms with Gasteiger partial charge in [-0.25, -0.2) is 4.98 Å². The van der Waals surface area contributed by atoms with Crippen LogP contribution >= 0.6 is 11.3 Å². The maximum Gasteiger partial charge on any atom is 0.274 e. The van der Waals surface area contributed by atoms with Gasteiger partial charge in [0.25, 0.3) is 5.91 Å². The molecule has 252 valence electrons. The smallest absolute Gasteiger partial charge is 0.274 e. The third kappa shape index (κ3) is 9.76. The van der Waals surface area contributed by atoms with E-state index in [1.54, 1.807) is 23.9 Å². The normalized spacial score (nSPS) is 19.8. The minimum atomic E-state index is -1.08. The van der Waals surface area contributed by atoms with Crippen molar-refractivity contribution in [2.75, 3.05) is 32.9 Å². The van der Waals surface area contributed by atoms with E-state index in [1.807, 2.05) is 44.2 Å². The SMILES string of the molecule is CC(C)CC(NC(=O)[C@H](Cc1ccccc1)NC(=O)C(Cc1cscn1)NC(=O)c1cc(CN2CCOCC2)on1)C(=O)[C@@]1(C)CO1. The third-order valence-electron chi connectivity index (χ3n) is 8.15. The summed E-state index contributed by atoms with van der Waals surface area (Å²) in [4.78, 5) is 60.7. The van der Waals surface area contributed by atoms with Crippen LogP contribution in [0, 0.1) is 5.92 Å². The minimum Gasteiger partial charge on any atom is -0.379 e. The number of benzene rings is 1. The molecule has 2 fully saturated rings. The first-order chi connectivity index (χ1) is 22.6. The number of morpholine rings is 1. The van der Waals surface area contributed by atoms with Crippen molar-refractivity contribution >= 4 is 34.8 Å². The number of rotatable bonds is 16. The number of epoxide rings is 1. The van der Waals surface area contributed by atoms with Gasteiger partial charge in [-0.2, -0.15) is 0 Å². The van der Waals surface area contributed by atoms with Gasteiger partial charge < -0.3 is 29.9 Å². The van der Waals surface area contributed by atoms with Crippen LogP contribution in [0.3, 0.4) is 0 Å². The van der Waals surface area contributed by atoms with Crippen LogP contribution in [-0.4, -0.2) is 95.2 Å². The van der Waals surface area contributed by atoms with E-state index in [4.69, 9.17) is 14.0 Å². The lowest BCUT2D eigenvalue weighted by atomic mass is 9.93. The summed E-state index contributed by atoms with van der Waals surface area (Å²) in [5.41, 5.74) is 2.18. The average molecular weight is 667 g/mol. The lowest BCUT2D eigenvalue weighted by Gasteiger charge is -2.26. The van der Waals surface area contributed by atoms with Gasteiger partial charge in [-0.15, -0.1) is 11.3 Å². The topological polar surface area (TPSA) is 168 Å². The van der Waals surface area contributed by atoms with Gasteiger partial charge in [0.05, 0.1) is 43.6 Å². The summed E-state index contributed by atoms with van der Waals surface area (Å²) in [6.45, 7) is 9.18. The zero-order chi connectivity index (χ0) is 33.4. The molecule has 4 atom stereocenters. The van der Waals surface area contributed by atoms with E-state index < -0.39 is 41.4 Å². The quantitative estimate of drug-likeness (QED) is 0.192. The zero-order valence-corrected chi connectivity index (χ0v) is 27.7. The molecule has 3 aromatic rings. The Labute approximate surface area is 277 Å². The summed E-state index contributed by atoms with van der Waals surface area (Å²) >= 11 is 1.37. The van der Waals surface area contributed by atoms with Crippen molar-refractivity contribution in [3.8, 4) is 0 Å². The summed E-state index contributed by atoms with van der Waals surface area (Å²) in [7, 11) is 0. The number of thiazole rings is 1. The number of nitrogens with zero attached hydrogens (tertiary/aromatic N) is 3. The van der Waals surface area contributed by atoms with Crippen molar-refractivity contribution in [1.29, 1.82) is 0 Å². The Hall–Kier alpha value is -3.98. The number of nitrogens with one attached hydrogen (secondary N) is 3. The highest BCUT2D eigenvalue weighted by molar-refractivity contribution is 7.07. The highest BCUT2D eigenvalue weighted by atomic mass is 32.1. The fraction of sp³-hybridized carbons (Fsp3) is 0.515. The van der Waals surface area contributed by atoms with Gasteiger partial charge in [-0.3, -0.25) is 24.1 Å². The van der Waals surface area contributed by atoms with Gasteiger partial charge in [0, 0.05) is 37.4 Å². The van der Waals surface area contributed by atoms with E-state index in [1.165, 1.54) is 11.3 Å². The Kier molecular flexibility index (Phi) is 11.5. The van der Waals surface area contributed by atoms with E-state index in [-0.39, 0.29) is 30.2 Å². The standard InChI is InChI=1S/C33H42N6O7S/c1-21(2)13-25(29(40)33(3)19-45-33)35-30(41)26(14-22-7-5-4-6-8-22)36-31(42)27(15-23-18-47-20-34-23)37-32(43)28-16-24(46-38-28)17-39-9-11-44-12-10-39/h4-8,16,18,20-21,25-27H,9-15,17,19H2,1-3H3,(H,35,41)(H,36,42)(H,37,43)/t25?,26-,27?,33+/m0/s1. The van der Waals surface area contributed by atoms with E-state index in [0.717, 1.165) is 18.7 Å². The Balaban J connectivity index is 1.32. The second-order valence-corrected chi connectivity index (χ2v) is 13.3. The van der Waals surface area contributed by atoms with Crippen molar-refractivity contribution in [3.63, 3.8) is 0 Å². The molecule has 47 heavy (non-hydrogen) atoms. The van der Waals surface area contributed by atoms with Gasteiger partial charge in [0.15, 0.2) is 17.2 Å². The molecule has 0 aliphatic carbocycles. The first-order valence-electron chi connectivity index (χ1n) is 15.9. The first kappa shape index (κ1) is 34.4. The minimum absolute atomic E-state index is 0.0359. The molecule has 2 aliphatic rings. The van der Waals surface area contributed by atoms with Crippen molar-refractivity contribution in [2.24, 2.45) is 5.92 Å². The number of ketones is 1. The van der Waals surface area contributed by atoms with E-state index in [0.29, 0.717) is 44.2 Å². The average Bonchev–Trinajstić information content (AvgIpc) is 3.39. The maximum atomic E-state index is 13.9. The zero-order valence-electron chi connectivity index (χ0n) is 26.9. The van der Waals surface area contributed by atoms with Crippen LogP contribution in [0.5, 0.6) is 0 Å². The Morgan fingerprint density at radius 1 is 0.979 bits per heavy atom. The second kappa shape index (κ2) is 15.7. The van der Waals surface area contributed by atoms with Gasteiger partial charge in [-0.05, 0) is 24.8 Å². The molecular weight excluding hydrogens is 624 g/mol. The third-order valence-corrected chi connectivity index (χ3v) is 8.78. The van der Waals surface area contributed by atoms with Crippen LogP contribution in [0.25, 0.3) is 0 Å². The summed E-state index contributed by atoms with van der Waals surface area (Å²) in [6, 6.07) is 7.92. The van der Waals surface area contributed by atoms with Crippen LogP contribution in [0.1, 0.15) is 54.7 Å². The highest BCUT2D eigenvalue weighted by Gasteiger charge is 2.50. The molecule has 2 aromatic heterocycles. The first-order valence-corrected chi connectivity index (χ1v) is 16.8. The predicted octanol–water partition coefficient (Wildman–Crippen LogP) is 1.92. The Morgan fingerprint density at radius 3 is 2.30 bits per heavy atom. The fourth-order valence-corrected chi connectivity index (χ4v) is 5.96. The number of amides is 3.